The van der Waals surface area contributed by atoms with Gasteiger partial charge in [-0.05, 0) is 70.5 Å². The number of nitrogens with one attached hydrogen (secondary N) is 2. The van der Waals surface area contributed by atoms with Gasteiger partial charge in [0, 0.05) is 25.2 Å². The van der Waals surface area contributed by atoms with Crippen LogP contribution >= 0.6 is 12.4 Å². The van der Waals surface area contributed by atoms with E-state index in [-0.39, 0.29) is 24.4 Å². The molecule has 24 heavy (non-hydrogen) atoms. The van der Waals surface area contributed by atoms with Crippen molar-refractivity contribution in [1.82, 2.24) is 20.4 Å². The number of aromatic nitrogens is 2. The summed E-state index contributed by atoms with van der Waals surface area (Å²) in [5.74, 6) is 1.33. The fraction of sp³-hybridized carbons (Fsp3) is 0.778. The van der Waals surface area contributed by atoms with Gasteiger partial charge in [-0.1, -0.05) is 6.92 Å². The van der Waals surface area contributed by atoms with E-state index in [0.717, 1.165) is 25.2 Å². The highest BCUT2D eigenvalue weighted by molar-refractivity contribution is 5.85. The maximum absolute atomic E-state index is 12.3. The monoisotopic (exact) mass is 356 g/mol. The van der Waals surface area contributed by atoms with Gasteiger partial charge in [0.2, 0.25) is 5.91 Å². The normalized spacial score (nSPS) is 17.9. The third-order valence-electron chi connectivity index (χ3n) is 5.27. The molecule has 1 aromatic rings. The van der Waals surface area contributed by atoms with Crippen LogP contribution in [0.3, 0.4) is 0 Å². The van der Waals surface area contributed by atoms with Gasteiger partial charge in [-0.25, -0.2) is 0 Å². The summed E-state index contributed by atoms with van der Waals surface area (Å²) < 4.78 is 1.92. The van der Waals surface area contributed by atoms with E-state index in [1.807, 2.05) is 18.7 Å². The van der Waals surface area contributed by atoms with E-state index in [9.17, 15) is 4.79 Å². The zero-order chi connectivity index (χ0) is 17.0. The number of hydrogen-bond acceptors (Lipinski definition) is 3. The molecule has 2 unspecified atom stereocenters. The quantitative estimate of drug-likeness (QED) is 0.823. The van der Waals surface area contributed by atoms with Crippen molar-refractivity contribution in [3.05, 3.63) is 17.0 Å². The average molecular weight is 357 g/mol. The number of halogens is 1. The lowest BCUT2D eigenvalue weighted by atomic mass is 9.84. The summed E-state index contributed by atoms with van der Waals surface area (Å²) in [5, 5.41) is 11.0. The maximum atomic E-state index is 12.3. The fourth-order valence-electron chi connectivity index (χ4n) is 3.68. The molecule has 1 aliphatic rings. The number of nitrogens with zero attached hydrogens (tertiary/aromatic N) is 2. The first-order valence-corrected chi connectivity index (χ1v) is 8.87. The molecule has 0 aliphatic carbocycles. The molecule has 2 N–H and O–H groups in total. The van der Waals surface area contributed by atoms with Crippen molar-refractivity contribution in [3.63, 3.8) is 0 Å². The van der Waals surface area contributed by atoms with Crippen molar-refractivity contribution in [1.29, 1.82) is 0 Å². The summed E-state index contributed by atoms with van der Waals surface area (Å²) in [6.07, 6.45) is 3.87. The molecule has 2 rings (SSSR count). The average Bonchev–Trinajstić information content (AvgIpc) is 2.74. The molecule has 2 atom stereocenters. The van der Waals surface area contributed by atoms with Gasteiger partial charge in [0.1, 0.15) is 0 Å². The Balaban J connectivity index is 0.00000288. The predicted octanol–water partition coefficient (Wildman–Crippen LogP) is 2.53. The zero-order valence-corrected chi connectivity index (χ0v) is 16.5. The van der Waals surface area contributed by atoms with Crippen LogP contribution in [0.1, 0.15) is 50.1 Å². The Morgan fingerprint density at radius 2 is 1.96 bits per heavy atom. The van der Waals surface area contributed by atoms with E-state index in [2.05, 4.69) is 36.5 Å². The van der Waals surface area contributed by atoms with Crippen molar-refractivity contribution in [2.45, 2.75) is 59.4 Å². The van der Waals surface area contributed by atoms with E-state index >= 15 is 0 Å². The molecule has 5 nitrogen and oxygen atoms in total. The van der Waals surface area contributed by atoms with Gasteiger partial charge in [-0.15, -0.1) is 12.4 Å². The van der Waals surface area contributed by atoms with Crippen LogP contribution < -0.4 is 10.6 Å². The van der Waals surface area contributed by atoms with Crippen LogP contribution in [0.5, 0.6) is 0 Å². The topological polar surface area (TPSA) is 59.0 Å². The van der Waals surface area contributed by atoms with Crippen LogP contribution in [0, 0.1) is 25.7 Å². The van der Waals surface area contributed by atoms with Gasteiger partial charge in [-0.3, -0.25) is 9.48 Å². The summed E-state index contributed by atoms with van der Waals surface area (Å²) in [6, 6.07) is 0.143. The Hall–Kier alpha value is -1.07. The Bertz CT molecular complexity index is 537. The second-order valence-corrected chi connectivity index (χ2v) is 7.21. The Kier molecular flexibility index (Phi) is 8.23. The maximum Gasteiger partial charge on any atom is 0.220 e. The van der Waals surface area contributed by atoms with Crippen molar-refractivity contribution >= 4 is 18.3 Å². The molecule has 1 fully saturated rings. The molecule has 0 bridgehead atoms. The van der Waals surface area contributed by atoms with Crippen LogP contribution in [-0.4, -0.2) is 34.8 Å². The molecule has 1 saturated heterocycles. The zero-order valence-electron chi connectivity index (χ0n) is 15.7. The number of hydrogen-bond donors (Lipinski definition) is 2. The Labute approximate surface area is 152 Å². The minimum atomic E-state index is 0. The standard InChI is InChI=1S/C18H32N4O.ClH/c1-12(16-6-8-19-9-7-16)10-18(23)20-13(2)11-17-14(3)21-22(5)15(17)4;/h12-13,16,19H,6-11H2,1-5H3,(H,20,23);1H. The van der Waals surface area contributed by atoms with Crippen LogP contribution in [0.25, 0.3) is 0 Å². The number of carbonyl (C=O) groups is 1. The molecule has 0 saturated carbocycles. The van der Waals surface area contributed by atoms with Gasteiger partial charge >= 0.3 is 0 Å². The van der Waals surface area contributed by atoms with Crippen LogP contribution in [0.15, 0.2) is 0 Å². The van der Waals surface area contributed by atoms with Gasteiger partial charge in [0.25, 0.3) is 0 Å². The van der Waals surface area contributed by atoms with Crippen LogP contribution in [-0.2, 0) is 18.3 Å². The minimum Gasteiger partial charge on any atom is -0.353 e. The van der Waals surface area contributed by atoms with Gasteiger partial charge in [-0.2, -0.15) is 5.10 Å². The molecule has 1 aromatic heterocycles. The first kappa shape index (κ1) is 21.0. The molecular weight excluding hydrogens is 324 g/mol. The fourth-order valence-corrected chi connectivity index (χ4v) is 3.68. The third kappa shape index (κ3) is 5.49. The summed E-state index contributed by atoms with van der Waals surface area (Å²) in [7, 11) is 1.97. The minimum absolute atomic E-state index is 0. The van der Waals surface area contributed by atoms with E-state index < -0.39 is 0 Å². The van der Waals surface area contributed by atoms with Crippen LogP contribution in [0.2, 0.25) is 0 Å². The van der Waals surface area contributed by atoms with E-state index in [0.29, 0.717) is 18.3 Å². The molecule has 6 heteroatoms. The second-order valence-electron chi connectivity index (χ2n) is 7.21. The van der Waals surface area contributed by atoms with Crippen molar-refractivity contribution in [2.75, 3.05) is 13.1 Å². The molecule has 0 spiro atoms. The molecular formula is C18H33ClN4O. The predicted molar refractivity (Wildman–Crippen MR) is 101 cm³/mol. The van der Waals surface area contributed by atoms with E-state index in [4.69, 9.17) is 0 Å². The largest absolute Gasteiger partial charge is 0.353 e. The highest BCUT2D eigenvalue weighted by Gasteiger charge is 2.23. The number of aryl methyl sites for hydroxylation is 2. The number of amides is 1. The van der Waals surface area contributed by atoms with E-state index in [1.165, 1.54) is 24.1 Å². The van der Waals surface area contributed by atoms with Crippen molar-refractivity contribution in [2.24, 2.45) is 18.9 Å². The Morgan fingerprint density at radius 3 is 2.50 bits per heavy atom. The van der Waals surface area contributed by atoms with Gasteiger partial charge in [0.15, 0.2) is 0 Å². The first-order valence-electron chi connectivity index (χ1n) is 8.87. The van der Waals surface area contributed by atoms with E-state index in [1.54, 1.807) is 0 Å². The summed E-state index contributed by atoms with van der Waals surface area (Å²) in [4.78, 5) is 12.3. The molecule has 138 valence electrons. The lowest BCUT2D eigenvalue weighted by Gasteiger charge is -2.28. The smallest absolute Gasteiger partial charge is 0.220 e. The first-order chi connectivity index (χ1) is 10.9. The number of carbonyl (C=O) groups excluding carboxylic acids is 1. The molecule has 2 heterocycles. The SMILES string of the molecule is Cc1nn(C)c(C)c1CC(C)NC(=O)CC(C)C1CCNCC1.Cl. The van der Waals surface area contributed by atoms with Crippen molar-refractivity contribution in [3.8, 4) is 0 Å². The van der Waals surface area contributed by atoms with Crippen molar-refractivity contribution < 1.29 is 4.79 Å². The second kappa shape index (κ2) is 9.42. The molecule has 1 aliphatic heterocycles. The number of rotatable bonds is 6. The summed E-state index contributed by atoms with van der Waals surface area (Å²) >= 11 is 0. The third-order valence-corrected chi connectivity index (χ3v) is 5.27. The van der Waals surface area contributed by atoms with Gasteiger partial charge < -0.3 is 10.6 Å². The molecule has 1 amide bonds. The highest BCUT2D eigenvalue weighted by Crippen LogP contribution is 2.24. The Morgan fingerprint density at radius 1 is 1.33 bits per heavy atom. The summed E-state index contributed by atoms with van der Waals surface area (Å²) in [5.41, 5.74) is 3.51. The van der Waals surface area contributed by atoms with Gasteiger partial charge in [0.05, 0.1) is 5.69 Å². The van der Waals surface area contributed by atoms with Crippen LogP contribution in [0.4, 0.5) is 0 Å². The summed E-state index contributed by atoms with van der Waals surface area (Å²) in [6.45, 7) is 10.6. The lowest BCUT2D eigenvalue weighted by Crippen LogP contribution is -2.37. The molecule has 0 radical (unpaired) electrons. The highest BCUT2D eigenvalue weighted by atomic mass is 35.5. The number of piperidine rings is 1. The molecule has 0 aromatic carbocycles. The lowest BCUT2D eigenvalue weighted by molar-refractivity contribution is -0.122.